The second kappa shape index (κ2) is 7.09. The Hall–Kier alpha value is -1.06. The lowest BCUT2D eigenvalue weighted by Gasteiger charge is -2.33. The zero-order valence-corrected chi connectivity index (χ0v) is 13.2. The van der Waals surface area contributed by atoms with Gasteiger partial charge in [-0.15, -0.1) is 0 Å². The normalized spacial score (nSPS) is 20.6. The predicted molar refractivity (Wildman–Crippen MR) is 85.2 cm³/mol. The molecule has 0 saturated carbocycles. The van der Waals surface area contributed by atoms with Crippen LogP contribution in [0.5, 0.6) is 0 Å². The van der Waals surface area contributed by atoms with Crippen molar-refractivity contribution in [2.45, 2.75) is 38.8 Å². The molecular weight excluding hydrogens is 248 g/mol. The molecule has 1 saturated heterocycles. The van der Waals surface area contributed by atoms with E-state index in [9.17, 15) is 0 Å². The Bertz CT molecular complexity index is 413. The SMILES string of the molecule is CO[C@@H](C)c1cccc(N[C@H](C)C2CCN(C)CC2)c1. The summed E-state index contributed by atoms with van der Waals surface area (Å²) in [5.74, 6) is 0.773. The molecule has 0 spiro atoms. The monoisotopic (exact) mass is 276 g/mol. The zero-order valence-electron chi connectivity index (χ0n) is 13.2. The molecule has 0 unspecified atom stereocenters. The number of rotatable bonds is 5. The van der Waals surface area contributed by atoms with Crippen LogP contribution in [0.3, 0.4) is 0 Å². The summed E-state index contributed by atoms with van der Waals surface area (Å²) < 4.78 is 5.39. The predicted octanol–water partition coefficient (Wildman–Crippen LogP) is 3.54. The summed E-state index contributed by atoms with van der Waals surface area (Å²) in [5.41, 5.74) is 2.44. The number of nitrogens with one attached hydrogen (secondary N) is 1. The van der Waals surface area contributed by atoms with E-state index in [1.165, 1.54) is 37.2 Å². The highest BCUT2D eigenvalue weighted by molar-refractivity contribution is 5.47. The number of benzene rings is 1. The third kappa shape index (κ3) is 3.97. The van der Waals surface area contributed by atoms with E-state index in [1.54, 1.807) is 7.11 Å². The van der Waals surface area contributed by atoms with Crippen molar-refractivity contribution >= 4 is 5.69 Å². The molecule has 1 N–H and O–H groups in total. The van der Waals surface area contributed by atoms with Gasteiger partial charge in [-0.3, -0.25) is 0 Å². The quantitative estimate of drug-likeness (QED) is 0.890. The molecule has 1 aromatic rings. The van der Waals surface area contributed by atoms with Crippen LogP contribution in [0.2, 0.25) is 0 Å². The molecule has 1 heterocycles. The van der Waals surface area contributed by atoms with Gasteiger partial charge in [0.15, 0.2) is 0 Å². The van der Waals surface area contributed by atoms with Crippen molar-refractivity contribution in [3.05, 3.63) is 29.8 Å². The first-order valence-electron chi connectivity index (χ1n) is 7.68. The van der Waals surface area contributed by atoms with Gasteiger partial charge in [0.1, 0.15) is 0 Å². The van der Waals surface area contributed by atoms with Crippen molar-refractivity contribution in [1.29, 1.82) is 0 Å². The highest BCUT2D eigenvalue weighted by Gasteiger charge is 2.22. The Morgan fingerprint density at radius 3 is 2.60 bits per heavy atom. The van der Waals surface area contributed by atoms with Crippen molar-refractivity contribution < 1.29 is 4.74 Å². The molecule has 20 heavy (non-hydrogen) atoms. The number of ether oxygens (including phenoxy) is 1. The highest BCUT2D eigenvalue weighted by atomic mass is 16.5. The summed E-state index contributed by atoms with van der Waals surface area (Å²) in [6.45, 7) is 6.83. The maximum absolute atomic E-state index is 5.39. The maximum atomic E-state index is 5.39. The molecule has 0 amide bonds. The minimum Gasteiger partial charge on any atom is -0.382 e. The van der Waals surface area contributed by atoms with E-state index < -0.39 is 0 Å². The summed E-state index contributed by atoms with van der Waals surface area (Å²) in [7, 11) is 3.97. The number of anilines is 1. The first-order valence-corrected chi connectivity index (χ1v) is 7.68. The standard InChI is InChI=1S/C17H28N2O/c1-13(15-8-10-19(3)11-9-15)18-17-7-5-6-16(12-17)14(2)20-4/h5-7,12-15,18H,8-11H2,1-4H3/t13-,14+/m1/s1. The lowest BCUT2D eigenvalue weighted by atomic mass is 9.90. The minimum atomic E-state index is 0.149. The average molecular weight is 276 g/mol. The molecule has 2 rings (SSSR count). The molecular formula is C17H28N2O. The third-order valence-corrected chi connectivity index (χ3v) is 4.57. The first kappa shape index (κ1) is 15.3. The Morgan fingerprint density at radius 1 is 1.25 bits per heavy atom. The van der Waals surface area contributed by atoms with Crippen molar-refractivity contribution in [2.75, 3.05) is 32.6 Å². The Labute approximate surface area is 123 Å². The molecule has 1 aliphatic rings. The van der Waals surface area contributed by atoms with Crippen LogP contribution in [-0.4, -0.2) is 38.2 Å². The smallest absolute Gasteiger partial charge is 0.0793 e. The fourth-order valence-corrected chi connectivity index (χ4v) is 2.93. The van der Waals surface area contributed by atoms with Crippen molar-refractivity contribution in [2.24, 2.45) is 5.92 Å². The second-order valence-corrected chi connectivity index (χ2v) is 6.08. The van der Waals surface area contributed by atoms with Crippen LogP contribution < -0.4 is 5.32 Å². The van der Waals surface area contributed by atoms with E-state index in [0.29, 0.717) is 6.04 Å². The molecule has 1 aromatic carbocycles. The summed E-state index contributed by atoms with van der Waals surface area (Å²) in [5, 5.41) is 3.67. The van der Waals surface area contributed by atoms with Gasteiger partial charge in [-0.05, 0) is 70.4 Å². The number of hydrogen-bond donors (Lipinski definition) is 1. The topological polar surface area (TPSA) is 24.5 Å². The van der Waals surface area contributed by atoms with E-state index in [4.69, 9.17) is 4.74 Å². The molecule has 0 aromatic heterocycles. The van der Waals surface area contributed by atoms with Gasteiger partial charge >= 0.3 is 0 Å². The average Bonchev–Trinajstić information content (AvgIpc) is 2.47. The lowest BCUT2D eigenvalue weighted by molar-refractivity contribution is 0.119. The summed E-state index contributed by atoms with van der Waals surface area (Å²) in [6, 6.07) is 9.11. The van der Waals surface area contributed by atoms with E-state index in [2.05, 4.69) is 55.4 Å². The molecule has 2 atom stereocenters. The van der Waals surface area contributed by atoms with E-state index in [1.807, 2.05) is 0 Å². The third-order valence-electron chi connectivity index (χ3n) is 4.57. The summed E-state index contributed by atoms with van der Waals surface area (Å²) >= 11 is 0. The Balaban J connectivity index is 1.95. The van der Waals surface area contributed by atoms with Gasteiger partial charge in [0.25, 0.3) is 0 Å². The number of piperidine rings is 1. The van der Waals surface area contributed by atoms with E-state index in [-0.39, 0.29) is 6.10 Å². The molecule has 3 nitrogen and oxygen atoms in total. The van der Waals surface area contributed by atoms with Crippen molar-refractivity contribution in [1.82, 2.24) is 4.90 Å². The van der Waals surface area contributed by atoms with Crippen molar-refractivity contribution in [3.63, 3.8) is 0 Å². The van der Waals surface area contributed by atoms with Gasteiger partial charge in [0.2, 0.25) is 0 Å². The van der Waals surface area contributed by atoms with Gasteiger partial charge in [-0.2, -0.15) is 0 Å². The minimum absolute atomic E-state index is 0.149. The molecule has 1 fully saturated rings. The molecule has 0 bridgehead atoms. The molecule has 112 valence electrons. The fourth-order valence-electron chi connectivity index (χ4n) is 2.93. The first-order chi connectivity index (χ1) is 9.60. The second-order valence-electron chi connectivity index (χ2n) is 6.08. The fraction of sp³-hybridized carbons (Fsp3) is 0.647. The number of hydrogen-bond acceptors (Lipinski definition) is 3. The van der Waals surface area contributed by atoms with Crippen LogP contribution in [-0.2, 0) is 4.74 Å². The van der Waals surface area contributed by atoms with Crippen LogP contribution in [0.1, 0.15) is 38.4 Å². The maximum Gasteiger partial charge on any atom is 0.0793 e. The number of likely N-dealkylation sites (tertiary alicyclic amines) is 1. The van der Waals surface area contributed by atoms with Gasteiger partial charge in [-0.25, -0.2) is 0 Å². The Kier molecular flexibility index (Phi) is 5.44. The van der Waals surface area contributed by atoms with Gasteiger partial charge in [0.05, 0.1) is 6.10 Å². The largest absolute Gasteiger partial charge is 0.382 e. The molecule has 1 aliphatic heterocycles. The van der Waals surface area contributed by atoms with Gasteiger partial charge in [-0.1, -0.05) is 12.1 Å². The van der Waals surface area contributed by atoms with Gasteiger partial charge in [0, 0.05) is 18.8 Å². The lowest BCUT2D eigenvalue weighted by Crippen LogP contribution is -2.37. The van der Waals surface area contributed by atoms with E-state index in [0.717, 1.165) is 5.92 Å². The zero-order chi connectivity index (χ0) is 14.5. The molecule has 0 radical (unpaired) electrons. The highest BCUT2D eigenvalue weighted by Crippen LogP contribution is 2.24. The van der Waals surface area contributed by atoms with Crippen LogP contribution in [0.15, 0.2) is 24.3 Å². The van der Waals surface area contributed by atoms with Crippen LogP contribution in [0.4, 0.5) is 5.69 Å². The van der Waals surface area contributed by atoms with Gasteiger partial charge < -0.3 is 15.0 Å². The van der Waals surface area contributed by atoms with Crippen LogP contribution in [0.25, 0.3) is 0 Å². The summed E-state index contributed by atoms with van der Waals surface area (Å²) in [6.07, 6.45) is 2.73. The van der Waals surface area contributed by atoms with E-state index >= 15 is 0 Å². The van der Waals surface area contributed by atoms with Crippen LogP contribution >= 0.6 is 0 Å². The molecule has 0 aliphatic carbocycles. The Morgan fingerprint density at radius 2 is 1.95 bits per heavy atom. The summed E-state index contributed by atoms with van der Waals surface area (Å²) in [4.78, 5) is 2.42. The van der Waals surface area contributed by atoms with Crippen molar-refractivity contribution in [3.8, 4) is 0 Å². The molecule has 3 heteroatoms. The number of methoxy groups -OCH3 is 1. The van der Waals surface area contributed by atoms with Crippen LogP contribution in [0, 0.1) is 5.92 Å². The number of nitrogens with zero attached hydrogens (tertiary/aromatic N) is 1.